The molecule has 5 nitrogen and oxygen atoms in total. The van der Waals surface area contributed by atoms with Crippen molar-refractivity contribution in [1.29, 1.82) is 5.26 Å². The molecule has 1 aliphatic rings. The van der Waals surface area contributed by atoms with Crippen LogP contribution in [0.15, 0.2) is 46.8 Å². The van der Waals surface area contributed by atoms with Crippen molar-refractivity contribution in [2.75, 3.05) is 6.54 Å². The van der Waals surface area contributed by atoms with Crippen molar-refractivity contribution in [3.63, 3.8) is 0 Å². The van der Waals surface area contributed by atoms with Gasteiger partial charge in [0, 0.05) is 5.70 Å². The SMILES string of the molecule is C#CCNC(=C1CC1)c1cc(C)n[nH]c1=O.N#CCc1ccccc1. The quantitative estimate of drug-likeness (QED) is 0.843. The topological polar surface area (TPSA) is 81.6 Å². The third-order valence-electron chi connectivity index (χ3n) is 3.55. The van der Waals surface area contributed by atoms with Gasteiger partial charge in [0.15, 0.2) is 0 Å². The van der Waals surface area contributed by atoms with Gasteiger partial charge in [-0.05, 0) is 37.0 Å². The molecule has 0 spiro atoms. The largest absolute Gasteiger partial charge is 0.374 e. The van der Waals surface area contributed by atoms with Gasteiger partial charge in [-0.3, -0.25) is 4.79 Å². The molecule has 1 aromatic carbocycles. The van der Waals surface area contributed by atoms with Gasteiger partial charge in [0.1, 0.15) is 0 Å². The number of benzene rings is 1. The van der Waals surface area contributed by atoms with Crippen LogP contribution in [-0.2, 0) is 6.42 Å². The van der Waals surface area contributed by atoms with E-state index in [1.54, 1.807) is 6.07 Å². The third-order valence-corrected chi connectivity index (χ3v) is 3.55. The molecular weight excluding hydrogens is 312 g/mol. The lowest BCUT2D eigenvalue weighted by atomic mass is 10.2. The number of allylic oxidation sites excluding steroid dienone is 1. The Hall–Kier alpha value is -3.31. The van der Waals surface area contributed by atoms with Crippen LogP contribution in [0.1, 0.15) is 29.7 Å². The molecule has 5 heteroatoms. The Kier molecular flexibility index (Phi) is 6.56. The normalized spacial score (nSPS) is 11.4. The summed E-state index contributed by atoms with van der Waals surface area (Å²) in [6.45, 7) is 2.27. The first-order valence-corrected chi connectivity index (χ1v) is 8.02. The molecule has 0 saturated heterocycles. The van der Waals surface area contributed by atoms with Crippen LogP contribution in [0.3, 0.4) is 0 Å². The number of terminal acetylenes is 1. The molecule has 0 aliphatic heterocycles. The molecule has 25 heavy (non-hydrogen) atoms. The first kappa shape index (κ1) is 18.0. The van der Waals surface area contributed by atoms with Gasteiger partial charge in [-0.25, -0.2) is 5.10 Å². The lowest BCUT2D eigenvalue weighted by Crippen LogP contribution is -2.21. The highest BCUT2D eigenvalue weighted by molar-refractivity contribution is 5.69. The Morgan fingerprint density at radius 3 is 2.68 bits per heavy atom. The molecule has 3 rings (SSSR count). The highest BCUT2D eigenvalue weighted by Crippen LogP contribution is 2.33. The second-order valence-corrected chi connectivity index (χ2v) is 5.61. The minimum Gasteiger partial charge on any atom is -0.374 e. The Morgan fingerprint density at radius 1 is 1.36 bits per heavy atom. The standard InChI is InChI=1S/C12H13N3O.C8H7N/c1-3-6-13-11(9-4-5-9)10-7-8(2)14-15-12(10)16;9-7-6-8-4-2-1-3-5-8/h1,7,13H,4-6H2,2H3,(H,15,16);1-5H,6H2. The number of hydrogen-bond donors (Lipinski definition) is 2. The Morgan fingerprint density at radius 2 is 2.08 bits per heavy atom. The van der Waals surface area contributed by atoms with E-state index in [0.29, 0.717) is 18.5 Å². The number of aryl methyl sites for hydroxylation is 1. The molecule has 1 aliphatic carbocycles. The minimum atomic E-state index is -0.176. The van der Waals surface area contributed by atoms with Gasteiger partial charge in [0.25, 0.3) is 5.56 Å². The Bertz CT molecular complexity index is 876. The summed E-state index contributed by atoms with van der Waals surface area (Å²) >= 11 is 0. The highest BCUT2D eigenvalue weighted by Gasteiger charge is 2.20. The van der Waals surface area contributed by atoms with Crippen molar-refractivity contribution in [3.05, 3.63) is 69.1 Å². The van der Waals surface area contributed by atoms with Crippen molar-refractivity contribution in [2.45, 2.75) is 26.2 Å². The zero-order valence-corrected chi connectivity index (χ0v) is 14.2. The lowest BCUT2D eigenvalue weighted by molar-refractivity contribution is 0.925. The highest BCUT2D eigenvalue weighted by atomic mass is 16.1. The summed E-state index contributed by atoms with van der Waals surface area (Å²) in [5.74, 6) is 2.51. The first-order chi connectivity index (χ1) is 12.2. The van der Waals surface area contributed by atoms with Crippen LogP contribution >= 0.6 is 0 Å². The Labute approximate surface area is 147 Å². The first-order valence-electron chi connectivity index (χ1n) is 8.02. The molecular formula is C20H20N4O. The number of rotatable bonds is 4. The van der Waals surface area contributed by atoms with E-state index in [-0.39, 0.29) is 5.56 Å². The van der Waals surface area contributed by atoms with Crippen LogP contribution in [0.5, 0.6) is 0 Å². The van der Waals surface area contributed by atoms with Gasteiger partial charge in [-0.15, -0.1) is 6.42 Å². The molecule has 1 fully saturated rings. The molecule has 1 heterocycles. The molecule has 0 radical (unpaired) electrons. The number of nitrogens with zero attached hydrogens (tertiary/aromatic N) is 2. The van der Waals surface area contributed by atoms with Crippen molar-refractivity contribution < 1.29 is 0 Å². The van der Waals surface area contributed by atoms with Crippen LogP contribution in [0.2, 0.25) is 0 Å². The number of H-pyrrole nitrogens is 1. The third kappa shape index (κ3) is 5.67. The number of nitrogens with one attached hydrogen (secondary N) is 2. The molecule has 0 atom stereocenters. The number of nitriles is 1. The van der Waals surface area contributed by atoms with E-state index in [9.17, 15) is 4.79 Å². The maximum atomic E-state index is 11.7. The van der Waals surface area contributed by atoms with Gasteiger partial charge in [0.05, 0.1) is 30.3 Å². The van der Waals surface area contributed by atoms with Crippen LogP contribution < -0.4 is 10.9 Å². The van der Waals surface area contributed by atoms with E-state index in [1.807, 2.05) is 37.3 Å². The fourth-order valence-electron chi connectivity index (χ4n) is 2.24. The van der Waals surface area contributed by atoms with Crippen molar-refractivity contribution >= 4 is 5.70 Å². The summed E-state index contributed by atoms with van der Waals surface area (Å²) in [4.78, 5) is 11.7. The molecule has 0 bridgehead atoms. The van der Waals surface area contributed by atoms with Crippen LogP contribution in [0.4, 0.5) is 0 Å². The summed E-state index contributed by atoms with van der Waals surface area (Å²) < 4.78 is 0. The monoisotopic (exact) mass is 332 g/mol. The average molecular weight is 332 g/mol. The van der Waals surface area contributed by atoms with E-state index in [4.69, 9.17) is 11.7 Å². The van der Waals surface area contributed by atoms with E-state index in [0.717, 1.165) is 29.8 Å². The van der Waals surface area contributed by atoms with Gasteiger partial charge in [-0.2, -0.15) is 10.4 Å². The van der Waals surface area contributed by atoms with Gasteiger partial charge >= 0.3 is 0 Å². The minimum absolute atomic E-state index is 0.176. The molecule has 0 unspecified atom stereocenters. The molecule has 1 saturated carbocycles. The van der Waals surface area contributed by atoms with E-state index in [2.05, 4.69) is 27.5 Å². The van der Waals surface area contributed by atoms with Crippen LogP contribution in [-0.4, -0.2) is 16.7 Å². The summed E-state index contributed by atoms with van der Waals surface area (Å²) in [6.07, 6.45) is 7.80. The summed E-state index contributed by atoms with van der Waals surface area (Å²) in [5, 5.41) is 17.7. The predicted molar refractivity (Wildman–Crippen MR) is 98.3 cm³/mol. The molecule has 2 N–H and O–H groups in total. The maximum Gasteiger partial charge on any atom is 0.273 e. The molecule has 1 aromatic heterocycles. The number of aromatic nitrogens is 2. The van der Waals surface area contributed by atoms with Crippen LogP contribution in [0.25, 0.3) is 5.70 Å². The molecule has 126 valence electrons. The van der Waals surface area contributed by atoms with Crippen molar-refractivity contribution in [1.82, 2.24) is 15.5 Å². The van der Waals surface area contributed by atoms with Crippen LogP contribution in [0, 0.1) is 30.6 Å². The molecule has 2 aromatic rings. The fourth-order valence-corrected chi connectivity index (χ4v) is 2.24. The average Bonchev–Trinajstić information content (AvgIpc) is 3.45. The zero-order chi connectivity index (χ0) is 18.1. The maximum absolute atomic E-state index is 11.7. The fraction of sp³-hybridized carbons (Fsp3) is 0.250. The summed E-state index contributed by atoms with van der Waals surface area (Å²) in [5.41, 5.74) is 4.46. The second-order valence-electron chi connectivity index (χ2n) is 5.61. The smallest absolute Gasteiger partial charge is 0.273 e. The second kappa shape index (κ2) is 9.10. The summed E-state index contributed by atoms with van der Waals surface area (Å²) in [6, 6.07) is 13.6. The van der Waals surface area contributed by atoms with Crippen molar-refractivity contribution in [2.24, 2.45) is 0 Å². The van der Waals surface area contributed by atoms with Crippen molar-refractivity contribution in [3.8, 4) is 18.4 Å². The Balaban J connectivity index is 0.000000212. The predicted octanol–water partition coefficient (Wildman–Crippen LogP) is 2.56. The lowest BCUT2D eigenvalue weighted by Gasteiger charge is -2.07. The molecule has 0 amide bonds. The number of aromatic amines is 1. The van der Waals surface area contributed by atoms with E-state index < -0.39 is 0 Å². The van der Waals surface area contributed by atoms with E-state index >= 15 is 0 Å². The summed E-state index contributed by atoms with van der Waals surface area (Å²) in [7, 11) is 0. The number of hydrogen-bond acceptors (Lipinski definition) is 4. The van der Waals surface area contributed by atoms with Gasteiger partial charge in [-0.1, -0.05) is 36.3 Å². The van der Waals surface area contributed by atoms with Gasteiger partial charge in [0.2, 0.25) is 0 Å². The zero-order valence-electron chi connectivity index (χ0n) is 14.2. The van der Waals surface area contributed by atoms with Gasteiger partial charge < -0.3 is 5.32 Å². The van der Waals surface area contributed by atoms with E-state index in [1.165, 1.54) is 5.57 Å².